The molecule has 2 atom stereocenters. The highest BCUT2D eigenvalue weighted by molar-refractivity contribution is 6.08. The monoisotopic (exact) mass is 344 g/mol. The second-order valence-electron chi connectivity index (χ2n) is 7.09. The van der Waals surface area contributed by atoms with E-state index < -0.39 is 17.5 Å². The molecule has 25 heavy (non-hydrogen) atoms. The van der Waals surface area contributed by atoms with Crippen molar-refractivity contribution < 1.29 is 19.1 Å². The number of hydrogen-bond acceptors (Lipinski definition) is 4. The molecule has 3 amide bonds. The van der Waals surface area contributed by atoms with Crippen LogP contribution in [0, 0.1) is 12.8 Å². The van der Waals surface area contributed by atoms with Crippen molar-refractivity contribution in [2.24, 2.45) is 5.92 Å². The van der Waals surface area contributed by atoms with Gasteiger partial charge in [0.05, 0.1) is 0 Å². The third kappa shape index (κ3) is 3.38. The van der Waals surface area contributed by atoms with Gasteiger partial charge in [-0.25, -0.2) is 4.79 Å². The second kappa shape index (κ2) is 6.86. The van der Waals surface area contributed by atoms with Crippen LogP contribution < -0.4 is 5.32 Å². The quantitative estimate of drug-likeness (QED) is 0.673. The Morgan fingerprint density at radius 1 is 1.28 bits per heavy atom. The highest BCUT2D eigenvalue weighted by Gasteiger charge is 2.55. The highest BCUT2D eigenvalue weighted by Crippen LogP contribution is 2.38. The lowest BCUT2D eigenvalue weighted by molar-refractivity contribution is -0.149. The molecule has 1 aliphatic carbocycles. The van der Waals surface area contributed by atoms with E-state index in [9.17, 15) is 14.4 Å². The number of aryl methyl sites for hydroxylation is 1. The number of nitrogens with zero attached hydrogens (tertiary/aromatic N) is 1. The Kier molecular flexibility index (Phi) is 4.79. The van der Waals surface area contributed by atoms with Crippen LogP contribution in [0.1, 0.15) is 43.7 Å². The first-order valence-electron chi connectivity index (χ1n) is 8.77. The molecule has 1 heterocycles. The topological polar surface area (TPSA) is 75.7 Å². The summed E-state index contributed by atoms with van der Waals surface area (Å²) in [5.74, 6) is -0.798. The summed E-state index contributed by atoms with van der Waals surface area (Å²) in [6, 6.07) is 7.15. The molecular weight excluding hydrogens is 320 g/mol. The van der Waals surface area contributed by atoms with E-state index in [0.29, 0.717) is 6.42 Å². The van der Waals surface area contributed by atoms with E-state index in [1.807, 2.05) is 38.1 Å². The lowest BCUT2D eigenvalue weighted by Crippen LogP contribution is -2.54. The molecule has 0 aromatic heterocycles. The first kappa shape index (κ1) is 17.5. The Hall–Kier alpha value is -2.37. The molecule has 1 aromatic carbocycles. The first-order chi connectivity index (χ1) is 11.9. The Bertz CT molecular complexity index is 685. The Morgan fingerprint density at radius 3 is 2.68 bits per heavy atom. The fraction of sp³-hybridized carbons (Fsp3) is 0.526. The first-order valence-corrected chi connectivity index (χ1v) is 8.77. The molecule has 0 unspecified atom stereocenters. The number of carbonyl (C=O) groups excluding carboxylic acids is 3. The molecule has 0 radical (unpaired) electrons. The molecule has 1 spiro atoms. The maximum absolute atomic E-state index is 12.8. The molecule has 2 aliphatic rings. The fourth-order valence-corrected chi connectivity index (χ4v) is 3.66. The van der Waals surface area contributed by atoms with Gasteiger partial charge in [-0.1, -0.05) is 49.6 Å². The standard InChI is InChI=1S/C19H24N2O4/c1-13-6-8-15(9-7-13)12-25-16(22)11-21-17(23)19(20-18(21)24)10-4-3-5-14(19)2/h6-9,14H,3-5,10-12H2,1-2H3,(H,20,24)/t14-,19-/m0/s1. The van der Waals surface area contributed by atoms with Gasteiger partial charge in [-0.05, 0) is 31.2 Å². The SMILES string of the molecule is Cc1ccc(COC(=O)CN2C(=O)N[C@]3(CCCC[C@@H]3C)C2=O)cc1. The number of esters is 1. The van der Waals surface area contributed by atoms with Crippen molar-refractivity contribution in [1.82, 2.24) is 10.2 Å². The van der Waals surface area contributed by atoms with Crippen molar-refractivity contribution in [2.45, 2.75) is 51.7 Å². The summed E-state index contributed by atoms with van der Waals surface area (Å²) >= 11 is 0. The van der Waals surface area contributed by atoms with Crippen molar-refractivity contribution in [3.05, 3.63) is 35.4 Å². The van der Waals surface area contributed by atoms with Gasteiger partial charge in [0.25, 0.3) is 5.91 Å². The van der Waals surface area contributed by atoms with Gasteiger partial charge in [0.1, 0.15) is 18.7 Å². The van der Waals surface area contributed by atoms with Gasteiger partial charge in [0.15, 0.2) is 0 Å². The van der Waals surface area contributed by atoms with Crippen LogP contribution in [0.3, 0.4) is 0 Å². The molecule has 6 nitrogen and oxygen atoms in total. The maximum Gasteiger partial charge on any atom is 0.326 e. The third-order valence-corrected chi connectivity index (χ3v) is 5.31. The molecule has 1 aromatic rings. The van der Waals surface area contributed by atoms with Gasteiger partial charge in [-0.2, -0.15) is 0 Å². The van der Waals surface area contributed by atoms with Gasteiger partial charge >= 0.3 is 12.0 Å². The number of ether oxygens (including phenoxy) is 1. The van der Waals surface area contributed by atoms with Gasteiger partial charge in [-0.3, -0.25) is 14.5 Å². The van der Waals surface area contributed by atoms with Gasteiger partial charge < -0.3 is 10.1 Å². The zero-order valence-corrected chi connectivity index (χ0v) is 14.7. The fourth-order valence-electron chi connectivity index (χ4n) is 3.66. The van der Waals surface area contributed by atoms with Crippen molar-refractivity contribution >= 4 is 17.9 Å². The molecule has 134 valence electrons. The Balaban J connectivity index is 1.60. The summed E-state index contributed by atoms with van der Waals surface area (Å²) in [7, 11) is 0. The summed E-state index contributed by atoms with van der Waals surface area (Å²) in [6.07, 6.45) is 3.50. The number of amides is 3. The second-order valence-corrected chi connectivity index (χ2v) is 7.09. The molecule has 3 rings (SSSR count). The number of imide groups is 1. The van der Waals surface area contributed by atoms with Gasteiger partial charge in [-0.15, -0.1) is 0 Å². The number of benzene rings is 1. The molecule has 1 saturated heterocycles. The molecule has 2 fully saturated rings. The smallest absolute Gasteiger partial charge is 0.326 e. The van der Waals surface area contributed by atoms with Crippen LogP contribution in [0.2, 0.25) is 0 Å². The zero-order valence-electron chi connectivity index (χ0n) is 14.7. The van der Waals surface area contributed by atoms with E-state index in [1.165, 1.54) is 0 Å². The summed E-state index contributed by atoms with van der Waals surface area (Å²) in [4.78, 5) is 38.1. The van der Waals surface area contributed by atoms with Crippen molar-refractivity contribution in [3.8, 4) is 0 Å². The van der Waals surface area contributed by atoms with E-state index in [1.54, 1.807) is 0 Å². The minimum absolute atomic E-state index is 0.0753. The number of rotatable bonds is 4. The predicted molar refractivity (Wildman–Crippen MR) is 91.6 cm³/mol. The van der Waals surface area contributed by atoms with E-state index in [2.05, 4.69) is 5.32 Å². The minimum Gasteiger partial charge on any atom is -0.459 e. The average molecular weight is 344 g/mol. The number of nitrogens with one attached hydrogen (secondary N) is 1. The Morgan fingerprint density at radius 2 is 2.00 bits per heavy atom. The number of urea groups is 1. The van der Waals surface area contributed by atoms with Crippen molar-refractivity contribution in [3.63, 3.8) is 0 Å². The van der Waals surface area contributed by atoms with Gasteiger partial charge in [0, 0.05) is 0 Å². The van der Waals surface area contributed by atoms with E-state index in [-0.39, 0.29) is 25.0 Å². The minimum atomic E-state index is -0.841. The summed E-state index contributed by atoms with van der Waals surface area (Å²) in [5, 5.41) is 2.83. The van der Waals surface area contributed by atoms with E-state index in [0.717, 1.165) is 35.3 Å². The predicted octanol–water partition coefficient (Wildman–Crippen LogP) is 2.54. The lowest BCUT2D eigenvalue weighted by atomic mass is 9.73. The molecular formula is C19H24N2O4. The molecule has 0 bridgehead atoms. The van der Waals surface area contributed by atoms with E-state index >= 15 is 0 Å². The zero-order chi connectivity index (χ0) is 18.0. The molecule has 6 heteroatoms. The normalized spacial score (nSPS) is 26.0. The third-order valence-electron chi connectivity index (χ3n) is 5.31. The maximum atomic E-state index is 12.8. The van der Waals surface area contributed by atoms with Crippen LogP contribution in [0.15, 0.2) is 24.3 Å². The summed E-state index contributed by atoms with van der Waals surface area (Å²) in [5.41, 5.74) is 1.15. The molecule has 1 saturated carbocycles. The number of carbonyl (C=O) groups is 3. The Labute approximate surface area is 147 Å². The molecule has 1 aliphatic heterocycles. The van der Waals surface area contributed by atoms with Crippen LogP contribution in [0.25, 0.3) is 0 Å². The lowest BCUT2D eigenvalue weighted by Gasteiger charge is -2.36. The molecule has 1 N–H and O–H groups in total. The van der Waals surface area contributed by atoms with Crippen LogP contribution in [0.5, 0.6) is 0 Å². The summed E-state index contributed by atoms with van der Waals surface area (Å²) < 4.78 is 5.22. The highest BCUT2D eigenvalue weighted by atomic mass is 16.5. The average Bonchev–Trinajstić information content (AvgIpc) is 2.82. The van der Waals surface area contributed by atoms with Crippen LogP contribution in [-0.4, -0.2) is 34.9 Å². The van der Waals surface area contributed by atoms with E-state index in [4.69, 9.17) is 4.74 Å². The number of hydrogen-bond donors (Lipinski definition) is 1. The van der Waals surface area contributed by atoms with Crippen LogP contribution in [0.4, 0.5) is 4.79 Å². The van der Waals surface area contributed by atoms with Gasteiger partial charge in [0.2, 0.25) is 0 Å². The largest absolute Gasteiger partial charge is 0.459 e. The van der Waals surface area contributed by atoms with Crippen LogP contribution in [-0.2, 0) is 20.9 Å². The summed E-state index contributed by atoms with van der Waals surface area (Å²) in [6.45, 7) is 3.75. The van der Waals surface area contributed by atoms with Crippen molar-refractivity contribution in [2.75, 3.05) is 6.54 Å². The van der Waals surface area contributed by atoms with Crippen molar-refractivity contribution in [1.29, 1.82) is 0 Å². The van der Waals surface area contributed by atoms with Crippen LogP contribution >= 0.6 is 0 Å².